The van der Waals surface area contributed by atoms with E-state index < -0.39 is 0 Å². The summed E-state index contributed by atoms with van der Waals surface area (Å²) in [5.41, 5.74) is 1.35. The van der Waals surface area contributed by atoms with Gasteiger partial charge in [-0.25, -0.2) is 0 Å². The largest absolute Gasteiger partial charge is 0.319 e. The number of benzene rings is 1. The average molecular weight is 374 g/mol. The van der Waals surface area contributed by atoms with Gasteiger partial charge in [0.1, 0.15) is 0 Å². The highest BCUT2D eigenvalue weighted by molar-refractivity contribution is 9.10. The van der Waals surface area contributed by atoms with Crippen molar-refractivity contribution in [3.05, 3.63) is 33.3 Å². The summed E-state index contributed by atoms with van der Waals surface area (Å²) < 4.78 is 0.975. The molecule has 0 radical (unpaired) electrons. The molecule has 0 spiro atoms. The molecular weight excluding hydrogens is 348 g/mol. The molecule has 2 unspecified atom stereocenters. The Labute approximate surface area is 142 Å². The van der Waals surface area contributed by atoms with Crippen molar-refractivity contribution in [1.29, 1.82) is 0 Å². The topological polar surface area (TPSA) is 15.3 Å². The Morgan fingerprint density at radius 1 is 1.38 bits per heavy atom. The monoisotopic (exact) mass is 372 g/mol. The summed E-state index contributed by atoms with van der Waals surface area (Å²) in [6, 6.07) is 7.45. The Hall–Kier alpha value is -0.0900. The number of nitrogens with one attached hydrogen (secondary N) is 1. The van der Waals surface area contributed by atoms with Gasteiger partial charge in [0, 0.05) is 16.6 Å². The molecule has 2 rings (SSSR count). The van der Waals surface area contributed by atoms with Crippen LogP contribution in [0.1, 0.15) is 44.7 Å². The summed E-state index contributed by atoms with van der Waals surface area (Å²) in [4.78, 5) is 2.65. The third-order valence-corrected chi connectivity index (χ3v) is 5.69. The van der Waals surface area contributed by atoms with E-state index in [9.17, 15) is 0 Å². The maximum Gasteiger partial charge on any atom is 0.0551 e. The van der Waals surface area contributed by atoms with E-state index in [1.165, 1.54) is 31.4 Å². The molecule has 1 heterocycles. The van der Waals surface area contributed by atoms with Crippen molar-refractivity contribution in [3.63, 3.8) is 0 Å². The Morgan fingerprint density at radius 2 is 2.14 bits per heavy atom. The van der Waals surface area contributed by atoms with Crippen LogP contribution in [0.4, 0.5) is 0 Å². The second-order valence-electron chi connectivity index (χ2n) is 6.26. The molecule has 2 atom stereocenters. The van der Waals surface area contributed by atoms with E-state index in [1.807, 2.05) is 0 Å². The van der Waals surface area contributed by atoms with Gasteiger partial charge in [-0.1, -0.05) is 24.1 Å². The van der Waals surface area contributed by atoms with E-state index in [0.717, 1.165) is 16.0 Å². The SMILES string of the molecule is CNCC1CCCCN(C(C)C)C1c1ccc(Br)c(Cl)c1. The molecule has 1 fully saturated rings. The van der Waals surface area contributed by atoms with Crippen LogP contribution >= 0.6 is 27.5 Å². The Morgan fingerprint density at radius 3 is 2.76 bits per heavy atom. The first-order valence-corrected chi connectivity index (χ1v) is 9.07. The molecule has 0 aromatic heterocycles. The minimum Gasteiger partial charge on any atom is -0.319 e. The zero-order chi connectivity index (χ0) is 15.4. The average Bonchev–Trinajstić information content (AvgIpc) is 2.65. The first-order valence-electron chi connectivity index (χ1n) is 7.90. The van der Waals surface area contributed by atoms with Gasteiger partial charge in [-0.05, 0) is 86.4 Å². The molecule has 4 heteroatoms. The lowest BCUT2D eigenvalue weighted by Gasteiger charge is -2.38. The fraction of sp³-hybridized carbons (Fsp3) is 0.647. The summed E-state index contributed by atoms with van der Waals surface area (Å²) in [5, 5.41) is 4.19. The Bertz CT molecular complexity index is 464. The molecule has 1 N–H and O–H groups in total. The van der Waals surface area contributed by atoms with Gasteiger partial charge in [0.2, 0.25) is 0 Å². The lowest BCUT2D eigenvalue weighted by molar-refractivity contribution is 0.118. The van der Waals surface area contributed by atoms with E-state index >= 15 is 0 Å². The first-order chi connectivity index (χ1) is 10.0. The van der Waals surface area contributed by atoms with E-state index in [1.54, 1.807) is 0 Å². The molecule has 0 aliphatic carbocycles. The molecule has 0 amide bonds. The number of hydrogen-bond acceptors (Lipinski definition) is 2. The maximum atomic E-state index is 6.34. The van der Waals surface area contributed by atoms with Crippen LogP contribution in [-0.2, 0) is 0 Å². The van der Waals surface area contributed by atoms with Crippen molar-refractivity contribution in [2.45, 2.75) is 45.2 Å². The van der Waals surface area contributed by atoms with Gasteiger partial charge >= 0.3 is 0 Å². The lowest BCUT2D eigenvalue weighted by atomic mass is 9.88. The van der Waals surface area contributed by atoms with Crippen molar-refractivity contribution in [3.8, 4) is 0 Å². The molecule has 1 aliphatic rings. The Kier molecular flexibility index (Phi) is 6.54. The lowest BCUT2D eigenvalue weighted by Crippen LogP contribution is -2.40. The van der Waals surface area contributed by atoms with Gasteiger partial charge in [-0.3, -0.25) is 4.90 Å². The molecule has 1 aromatic rings. The summed E-state index contributed by atoms with van der Waals surface area (Å²) in [5.74, 6) is 0.636. The molecule has 1 saturated heterocycles. The van der Waals surface area contributed by atoms with E-state index in [-0.39, 0.29) is 0 Å². The smallest absolute Gasteiger partial charge is 0.0551 e. The minimum absolute atomic E-state index is 0.450. The van der Waals surface area contributed by atoms with Gasteiger partial charge < -0.3 is 5.32 Å². The molecule has 118 valence electrons. The Balaban J connectivity index is 2.39. The summed E-state index contributed by atoms with van der Waals surface area (Å²) in [6.07, 6.45) is 3.89. The molecule has 0 saturated carbocycles. The van der Waals surface area contributed by atoms with Crippen molar-refractivity contribution < 1.29 is 0 Å². The fourth-order valence-electron chi connectivity index (χ4n) is 3.48. The molecule has 0 bridgehead atoms. The van der Waals surface area contributed by atoms with Crippen molar-refractivity contribution in [2.24, 2.45) is 5.92 Å². The predicted octanol–water partition coefficient (Wildman–Crippen LogP) is 4.87. The first kappa shape index (κ1) is 17.3. The molecule has 2 nitrogen and oxygen atoms in total. The molecule has 1 aromatic carbocycles. The summed E-state index contributed by atoms with van der Waals surface area (Å²) >= 11 is 9.85. The number of likely N-dealkylation sites (tertiary alicyclic amines) is 1. The summed E-state index contributed by atoms with van der Waals surface area (Å²) in [7, 11) is 2.05. The van der Waals surface area contributed by atoms with Crippen LogP contribution in [0.5, 0.6) is 0 Å². The zero-order valence-electron chi connectivity index (χ0n) is 13.2. The van der Waals surface area contributed by atoms with Crippen LogP contribution in [0.3, 0.4) is 0 Å². The second kappa shape index (κ2) is 7.96. The van der Waals surface area contributed by atoms with Crippen molar-refractivity contribution in [2.75, 3.05) is 20.1 Å². The van der Waals surface area contributed by atoms with Crippen LogP contribution in [0.25, 0.3) is 0 Å². The van der Waals surface area contributed by atoms with Crippen LogP contribution < -0.4 is 5.32 Å². The van der Waals surface area contributed by atoms with Crippen LogP contribution in [0.2, 0.25) is 5.02 Å². The number of hydrogen-bond donors (Lipinski definition) is 1. The predicted molar refractivity (Wildman–Crippen MR) is 95.0 cm³/mol. The van der Waals surface area contributed by atoms with Crippen LogP contribution in [0.15, 0.2) is 22.7 Å². The number of nitrogens with zero attached hydrogens (tertiary/aromatic N) is 1. The van der Waals surface area contributed by atoms with Gasteiger partial charge in [0.25, 0.3) is 0 Å². The van der Waals surface area contributed by atoms with Gasteiger partial charge in [0.05, 0.1) is 5.02 Å². The third-order valence-electron chi connectivity index (χ3n) is 4.46. The highest BCUT2D eigenvalue weighted by atomic mass is 79.9. The standard InChI is InChI=1S/C17H26BrClN2/c1-12(2)21-9-5-4-6-14(11-20-3)17(21)13-7-8-15(18)16(19)10-13/h7-8,10,12,14,17,20H,4-6,9,11H2,1-3H3. The number of halogens is 2. The fourth-order valence-corrected chi connectivity index (χ4v) is 3.92. The molecule has 1 aliphatic heterocycles. The van der Waals surface area contributed by atoms with Crippen LogP contribution in [0, 0.1) is 5.92 Å². The van der Waals surface area contributed by atoms with Crippen molar-refractivity contribution in [1.82, 2.24) is 10.2 Å². The maximum absolute atomic E-state index is 6.34. The van der Waals surface area contributed by atoms with Crippen LogP contribution in [-0.4, -0.2) is 31.1 Å². The van der Waals surface area contributed by atoms with Gasteiger partial charge in [-0.15, -0.1) is 0 Å². The molecular formula is C17H26BrClN2. The number of rotatable bonds is 4. The van der Waals surface area contributed by atoms with Gasteiger partial charge in [0.15, 0.2) is 0 Å². The summed E-state index contributed by atoms with van der Waals surface area (Å²) in [6.45, 7) is 6.84. The van der Waals surface area contributed by atoms with E-state index in [4.69, 9.17) is 11.6 Å². The highest BCUT2D eigenvalue weighted by Crippen LogP contribution is 2.38. The van der Waals surface area contributed by atoms with E-state index in [0.29, 0.717) is 18.0 Å². The quantitative estimate of drug-likeness (QED) is 0.809. The van der Waals surface area contributed by atoms with Crippen molar-refractivity contribution >= 4 is 27.5 Å². The third kappa shape index (κ3) is 4.22. The highest BCUT2D eigenvalue weighted by Gasteiger charge is 2.32. The minimum atomic E-state index is 0.450. The van der Waals surface area contributed by atoms with E-state index in [2.05, 4.69) is 65.2 Å². The normalized spacial score (nSPS) is 24.3. The molecule has 21 heavy (non-hydrogen) atoms. The zero-order valence-corrected chi connectivity index (χ0v) is 15.5. The second-order valence-corrected chi connectivity index (χ2v) is 7.53. The van der Waals surface area contributed by atoms with Gasteiger partial charge in [-0.2, -0.15) is 0 Å².